The summed E-state index contributed by atoms with van der Waals surface area (Å²) < 4.78 is 3.48. The fourth-order valence-corrected chi connectivity index (χ4v) is 4.65. The molecule has 0 saturated heterocycles. The molecule has 0 spiro atoms. The summed E-state index contributed by atoms with van der Waals surface area (Å²) in [4.78, 5) is 31.6. The van der Waals surface area contributed by atoms with Crippen molar-refractivity contribution in [2.45, 2.75) is 103 Å². The van der Waals surface area contributed by atoms with Crippen LogP contribution < -0.4 is 11.2 Å². The quantitative estimate of drug-likeness (QED) is 0.315. The Morgan fingerprint density at radius 2 is 1.45 bits per heavy atom. The van der Waals surface area contributed by atoms with Crippen LogP contribution in [0.5, 0.6) is 0 Å². The van der Waals surface area contributed by atoms with Crippen LogP contribution in [0.2, 0.25) is 0 Å². The smallest absolute Gasteiger partial charge is 0.313 e. The number of H-pyrrole nitrogens is 1. The maximum atomic E-state index is 12.5. The molecule has 0 bridgehead atoms. The molecule has 0 aromatic carbocycles. The number of aromatic amines is 1. The number of thioether (sulfide) groups is 1. The van der Waals surface area contributed by atoms with Gasteiger partial charge in [0.05, 0.1) is 0 Å². The molecule has 0 aliphatic carbocycles. The van der Waals surface area contributed by atoms with Crippen molar-refractivity contribution in [1.82, 2.24) is 19.1 Å². The van der Waals surface area contributed by atoms with Crippen LogP contribution in [-0.2, 0) is 13.6 Å². The number of fused-ring (bicyclic) bond motifs is 1. The summed E-state index contributed by atoms with van der Waals surface area (Å²) in [6.07, 6.45) is 14.8. The molecule has 6 nitrogen and oxygen atoms in total. The molecule has 2 rings (SSSR count). The summed E-state index contributed by atoms with van der Waals surface area (Å²) in [6, 6.07) is 0. The SMILES string of the molecule is CCCCCCCCSc1nc2c(c(=O)[nH]c(=O)n2C)n1CCCCCCCC. The number of nitrogens with one attached hydrogen (secondary N) is 1. The van der Waals surface area contributed by atoms with Gasteiger partial charge in [-0.25, -0.2) is 9.78 Å². The van der Waals surface area contributed by atoms with Gasteiger partial charge in [-0.1, -0.05) is 89.8 Å². The molecule has 0 unspecified atom stereocenters. The molecule has 2 heterocycles. The molecule has 0 aliphatic rings. The van der Waals surface area contributed by atoms with Gasteiger partial charge in [-0.05, 0) is 12.8 Å². The average molecular weight is 423 g/mol. The highest BCUT2D eigenvalue weighted by atomic mass is 32.2. The highest BCUT2D eigenvalue weighted by Crippen LogP contribution is 2.24. The van der Waals surface area contributed by atoms with Crippen molar-refractivity contribution in [3.05, 3.63) is 20.8 Å². The van der Waals surface area contributed by atoms with Gasteiger partial charge >= 0.3 is 5.69 Å². The third-order valence-corrected chi connectivity index (χ3v) is 6.50. The van der Waals surface area contributed by atoms with E-state index in [9.17, 15) is 9.59 Å². The van der Waals surface area contributed by atoms with Gasteiger partial charge in [-0.2, -0.15) is 0 Å². The van der Waals surface area contributed by atoms with Crippen LogP contribution in [-0.4, -0.2) is 24.9 Å². The summed E-state index contributed by atoms with van der Waals surface area (Å²) in [7, 11) is 1.67. The van der Waals surface area contributed by atoms with Crippen molar-refractivity contribution >= 4 is 22.9 Å². The van der Waals surface area contributed by atoms with Crippen LogP contribution in [0.4, 0.5) is 0 Å². The predicted molar refractivity (Wildman–Crippen MR) is 123 cm³/mol. The maximum absolute atomic E-state index is 12.5. The van der Waals surface area contributed by atoms with Crippen molar-refractivity contribution < 1.29 is 0 Å². The average Bonchev–Trinajstić information content (AvgIpc) is 3.07. The standard InChI is InChI=1S/C22H38N4O2S/c1-4-6-8-10-12-14-16-26-18-19(25(3)21(28)24-20(18)27)23-22(26)29-17-15-13-11-9-7-5-2/h4-17H2,1-3H3,(H,24,27,28). The first-order valence-corrected chi connectivity index (χ1v) is 12.4. The zero-order valence-electron chi connectivity index (χ0n) is 18.5. The van der Waals surface area contributed by atoms with Gasteiger partial charge < -0.3 is 4.57 Å². The van der Waals surface area contributed by atoms with E-state index in [-0.39, 0.29) is 5.56 Å². The number of hydrogen-bond acceptors (Lipinski definition) is 4. The molecule has 2 aromatic rings. The van der Waals surface area contributed by atoms with E-state index in [1.807, 2.05) is 4.57 Å². The number of nitrogens with zero attached hydrogens (tertiary/aromatic N) is 3. The highest BCUT2D eigenvalue weighted by Gasteiger charge is 2.17. The number of imidazole rings is 1. The van der Waals surface area contributed by atoms with Crippen molar-refractivity contribution in [1.29, 1.82) is 0 Å². The minimum absolute atomic E-state index is 0.326. The molecule has 0 fully saturated rings. The van der Waals surface area contributed by atoms with Gasteiger partial charge in [0.2, 0.25) is 0 Å². The second-order valence-electron chi connectivity index (χ2n) is 7.92. The Hall–Kier alpha value is -1.50. The largest absolute Gasteiger partial charge is 0.329 e. The molecule has 1 N–H and O–H groups in total. The van der Waals surface area contributed by atoms with Crippen molar-refractivity contribution in [3.63, 3.8) is 0 Å². The van der Waals surface area contributed by atoms with E-state index in [4.69, 9.17) is 0 Å². The minimum Gasteiger partial charge on any atom is -0.313 e. The third kappa shape index (κ3) is 7.05. The van der Waals surface area contributed by atoms with E-state index in [2.05, 4.69) is 23.8 Å². The Morgan fingerprint density at radius 3 is 2.10 bits per heavy atom. The molecule has 29 heavy (non-hydrogen) atoms. The number of aryl methyl sites for hydroxylation is 2. The Kier molecular flexibility index (Phi) is 10.6. The first-order valence-electron chi connectivity index (χ1n) is 11.4. The van der Waals surface area contributed by atoms with E-state index < -0.39 is 5.69 Å². The van der Waals surface area contributed by atoms with E-state index >= 15 is 0 Å². The van der Waals surface area contributed by atoms with Crippen molar-refractivity contribution in [3.8, 4) is 0 Å². The topological polar surface area (TPSA) is 72.7 Å². The van der Waals surface area contributed by atoms with E-state index in [0.29, 0.717) is 11.2 Å². The summed E-state index contributed by atoms with van der Waals surface area (Å²) in [5.41, 5.74) is 0.300. The lowest BCUT2D eigenvalue weighted by Gasteiger charge is -2.08. The van der Waals surface area contributed by atoms with Gasteiger partial charge in [0.25, 0.3) is 5.56 Å². The molecular weight excluding hydrogens is 384 g/mol. The first-order chi connectivity index (χ1) is 14.1. The predicted octanol–water partition coefficient (Wildman–Crippen LogP) is 5.24. The zero-order valence-corrected chi connectivity index (χ0v) is 19.3. The number of unbranched alkanes of at least 4 members (excludes halogenated alkanes) is 10. The Morgan fingerprint density at radius 1 is 0.862 bits per heavy atom. The zero-order chi connectivity index (χ0) is 21.1. The highest BCUT2D eigenvalue weighted by molar-refractivity contribution is 7.99. The Labute approximate surface area is 178 Å². The van der Waals surface area contributed by atoms with Crippen LogP contribution in [0.25, 0.3) is 11.2 Å². The van der Waals surface area contributed by atoms with Gasteiger partial charge in [-0.15, -0.1) is 0 Å². The van der Waals surface area contributed by atoms with E-state index in [1.54, 1.807) is 18.8 Å². The van der Waals surface area contributed by atoms with Crippen LogP contribution in [0.15, 0.2) is 14.7 Å². The fourth-order valence-electron chi connectivity index (χ4n) is 3.63. The normalized spacial score (nSPS) is 11.6. The molecule has 0 aliphatic heterocycles. The lowest BCUT2D eigenvalue weighted by Crippen LogP contribution is -2.29. The molecular formula is C22H38N4O2S. The summed E-state index contributed by atoms with van der Waals surface area (Å²) in [6.45, 7) is 5.24. The maximum Gasteiger partial charge on any atom is 0.329 e. The second-order valence-corrected chi connectivity index (χ2v) is 8.98. The molecule has 0 atom stereocenters. The van der Waals surface area contributed by atoms with E-state index in [1.165, 1.54) is 62.4 Å². The van der Waals surface area contributed by atoms with Crippen molar-refractivity contribution in [2.24, 2.45) is 7.05 Å². The van der Waals surface area contributed by atoms with Crippen LogP contribution in [0.1, 0.15) is 90.9 Å². The number of aromatic nitrogens is 4. The van der Waals surface area contributed by atoms with Crippen LogP contribution in [0, 0.1) is 0 Å². The van der Waals surface area contributed by atoms with Gasteiger partial charge in [0.15, 0.2) is 16.3 Å². The lowest BCUT2D eigenvalue weighted by atomic mass is 10.1. The van der Waals surface area contributed by atoms with Gasteiger partial charge in [-0.3, -0.25) is 14.3 Å². The van der Waals surface area contributed by atoms with Gasteiger partial charge in [0, 0.05) is 19.3 Å². The summed E-state index contributed by atoms with van der Waals surface area (Å²) in [5.74, 6) is 0.998. The molecule has 0 saturated carbocycles. The molecule has 164 valence electrons. The Bertz CT molecular complexity index is 853. The summed E-state index contributed by atoms with van der Waals surface area (Å²) >= 11 is 1.72. The summed E-state index contributed by atoms with van der Waals surface area (Å²) in [5, 5.41) is 0.869. The van der Waals surface area contributed by atoms with Gasteiger partial charge in [0.1, 0.15) is 0 Å². The fraction of sp³-hybridized carbons (Fsp3) is 0.773. The van der Waals surface area contributed by atoms with Crippen LogP contribution in [0.3, 0.4) is 0 Å². The Balaban J connectivity index is 2.06. The van der Waals surface area contributed by atoms with Crippen molar-refractivity contribution in [2.75, 3.05) is 5.75 Å². The third-order valence-electron chi connectivity index (χ3n) is 5.44. The van der Waals surface area contributed by atoms with Crippen LogP contribution >= 0.6 is 11.8 Å². The monoisotopic (exact) mass is 422 g/mol. The van der Waals surface area contributed by atoms with E-state index in [0.717, 1.165) is 36.7 Å². The molecule has 7 heteroatoms. The molecule has 0 radical (unpaired) electrons. The molecule has 0 amide bonds. The molecule has 2 aromatic heterocycles. The first kappa shape index (κ1) is 23.8. The minimum atomic E-state index is -0.404. The number of rotatable bonds is 15. The lowest BCUT2D eigenvalue weighted by molar-refractivity contribution is 0.544. The second kappa shape index (κ2) is 12.9. The number of hydrogen-bond donors (Lipinski definition) is 1.